The van der Waals surface area contributed by atoms with Crippen molar-refractivity contribution in [2.75, 3.05) is 24.1 Å². The van der Waals surface area contributed by atoms with Gasteiger partial charge in [0, 0.05) is 41.3 Å². The van der Waals surface area contributed by atoms with Crippen LogP contribution < -0.4 is 11.1 Å². The number of aromatic nitrogens is 1. The van der Waals surface area contributed by atoms with Gasteiger partial charge >= 0.3 is 6.09 Å². The van der Waals surface area contributed by atoms with Gasteiger partial charge in [-0.25, -0.2) is 4.79 Å². The van der Waals surface area contributed by atoms with Crippen molar-refractivity contribution < 1.29 is 14.3 Å². The Morgan fingerprint density at radius 1 is 1.08 bits per heavy atom. The van der Waals surface area contributed by atoms with E-state index in [9.17, 15) is 9.59 Å². The molecule has 2 aromatic carbocycles. The van der Waals surface area contributed by atoms with E-state index in [1.54, 1.807) is 0 Å². The fourth-order valence-corrected chi connectivity index (χ4v) is 5.17. The van der Waals surface area contributed by atoms with Gasteiger partial charge in [-0.05, 0) is 89.1 Å². The van der Waals surface area contributed by atoms with E-state index in [2.05, 4.69) is 9.88 Å². The Bertz CT molecular complexity index is 1270. The van der Waals surface area contributed by atoms with E-state index >= 15 is 0 Å². The maximum Gasteiger partial charge on any atom is 0.411 e. The SMILES string of the molecule is CCN(CC)C(=O)c1ccc2c(N)c(-c3ccc(NC(=O)O[C@H](C)C4CC4)cc3)n(C3CCC3)c2c1. The summed E-state index contributed by atoms with van der Waals surface area (Å²) >= 11 is 0. The highest BCUT2D eigenvalue weighted by Crippen LogP contribution is 2.44. The first kappa shape index (κ1) is 24.2. The van der Waals surface area contributed by atoms with Gasteiger partial charge in [0.2, 0.25) is 0 Å². The van der Waals surface area contributed by atoms with Crippen molar-refractivity contribution in [1.29, 1.82) is 0 Å². The summed E-state index contributed by atoms with van der Waals surface area (Å²) in [6, 6.07) is 14.0. The van der Waals surface area contributed by atoms with E-state index in [-0.39, 0.29) is 12.0 Å². The zero-order valence-electron chi connectivity index (χ0n) is 21.4. The summed E-state index contributed by atoms with van der Waals surface area (Å²) in [5, 5.41) is 3.80. The third kappa shape index (κ3) is 4.54. The molecule has 36 heavy (non-hydrogen) atoms. The molecular weight excluding hydrogens is 452 g/mol. The molecule has 0 unspecified atom stereocenters. The second-order valence-electron chi connectivity index (χ2n) is 10.1. The van der Waals surface area contributed by atoms with Gasteiger partial charge in [0.05, 0.1) is 16.9 Å². The number of anilines is 2. The minimum absolute atomic E-state index is 0.0432. The number of nitrogens with one attached hydrogen (secondary N) is 1. The number of nitrogens with two attached hydrogens (primary N) is 1. The number of nitrogens with zero attached hydrogens (tertiary/aromatic N) is 2. The lowest BCUT2D eigenvalue weighted by molar-refractivity contribution is 0.0773. The highest BCUT2D eigenvalue weighted by molar-refractivity contribution is 6.05. The van der Waals surface area contributed by atoms with Gasteiger partial charge in [0.15, 0.2) is 0 Å². The van der Waals surface area contributed by atoms with Crippen LogP contribution >= 0.6 is 0 Å². The molecule has 2 aliphatic rings. The van der Waals surface area contributed by atoms with Crippen LogP contribution in [0.15, 0.2) is 42.5 Å². The van der Waals surface area contributed by atoms with Crippen molar-refractivity contribution in [1.82, 2.24) is 9.47 Å². The van der Waals surface area contributed by atoms with Gasteiger partial charge in [-0.1, -0.05) is 12.1 Å². The minimum atomic E-state index is -0.421. The number of carbonyl (C=O) groups is 2. The number of benzene rings is 2. The van der Waals surface area contributed by atoms with Crippen molar-refractivity contribution in [2.24, 2.45) is 5.92 Å². The number of hydrogen-bond acceptors (Lipinski definition) is 4. The quantitative estimate of drug-likeness (QED) is 0.382. The van der Waals surface area contributed by atoms with Crippen molar-refractivity contribution in [3.8, 4) is 11.3 Å². The van der Waals surface area contributed by atoms with Crippen LogP contribution in [0.3, 0.4) is 0 Å². The van der Waals surface area contributed by atoms with E-state index < -0.39 is 6.09 Å². The van der Waals surface area contributed by atoms with Crippen LogP contribution in [0, 0.1) is 5.92 Å². The predicted octanol–water partition coefficient (Wildman–Crippen LogP) is 6.44. The summed E-state index contributed by atoms with van der Waals surface area (Å²) in [6.07, 6.45) is 5.15. The van der Waals surface area contributed by atoms with Gasteiger partial charge in [0.1, 0.15) is 6.10 Å². The molecule has 1 atom stereocenters. The summed E-state index contributed by atoms with van der Waals surface area (Å²) in [5.74, 6) is 0.541. The molecule has 2 aliphatic carbocycles. The molecule has 0 radical (unpaired) electrons. The Labute approximate surface area is 212 Å². The molecule has 7 heteroatoms. The molecule has 1 heterocycles. The van der Waals surface area contributed by atoms with Gasteiger partial charge in [-0.3, -0.25) is 10.1 Å². The molecule has 0 spiro atoms. The Morgan fingerprint density at radius 2 is 1.78 bits per heavy atom. The Morgan fingerprint density at radius 3 is 2.36 bits per heavy atom. The summed E-state index contributed by atoms with van der Waals surface area (Å²) in [6.45, 7) is 7.30. The maximum atomic E-state index is 13.1. The normalized spacial score (nSPS) is 16.4. The Kier molecular flexibility index (Phi) is 6.65. The van der Waals surface area contributed by atoms with Crippen LogP contribution in [0.1, 0.15) is 69.3 Å². The topological polar surface area (TPSA) is 89.6 Å². The lowest BCUT2D eigenvalue weighted by Gasteiger charge is -2.30. The Balaban J connectivity index is 1.46. The average Bonchev–Trinajstić information content (AvgIpc) is 3.65. The van der Waals surface area contributed by atoms with Crippen molar-refractivity contribution in [3.63, 3.8) is 0 Å². The number of hydrogen-bond donors (Lipinski definition) is 2. The van der Waals surface area contributed by atoms with Crippen LogP contribution in [0.2, 0.25) is 0 Å². The lowest BCUT2D eigenvalue weighted by atomic mass is 9.92. The molecule has 2 amide bonds. The molecule has 2 fully saturated rings. The maximum absolute atomic E-state index is 13.1. The third-order valence-electron chi connectivity index (χ3n) is 7.76. The fraction of sp³-hybridized carbons (Fsp3) is 0.448. The van der Waals surface area contributed by atoms with Gasteiger partial charge in [-0.15, -0.1) is 0 Å². The standard InChI is InChI=1S/C29H36N4O3/c1-4-32(5-2)28(34)21-13-16-24-25(17-21)33(23-7-6-8-23)27(26(24)30)20-11-14-22(15-12-20)31-29(35)36-18(3)19-9-10-19/h11-19,23H,4-10,30H2,1-3H3,(H,31,35)/t18-/m1/s1. The average molecular weight is 489 g/mol. The predicted molar refractivity (Wildman–Crippen MR) is 144 cm³/mol. The summed E-state index contributed by atoms with van der Waals surface area (Å²) < 4.78 is 7.80. The second kappa shape index (κ2) is 9.88. The first-order chi connectivity index (χ1) is 17.4. The molecule has 3 aromatic rings. The first-order valence-electron chi connectivity index (χ1n) is 13.2. The zero-order valence-corrected chi connectivity index (χ0v) is 21.4. The summed E-state index contributed by atoms with van der Waals surface area (Å²) in [4.78, 5) is 27.1. The van der Waals surface area contributed by atoms with E-state index in [0.717, 1.165) is 53.5 Å². The molecule has 3 N–H and O–H groups in total. The Hall–Kier alpha value is -3.48. The molecule has 7 nitrogen and oxygen atoms in total. The molecule has 190 valence electrons. The first-order valence-corrected chi connectivity index (χ1v) is 13.2. The number of carbonyl (C=O) groups excluding carboxylic acids is 2. The van der Waals surface area contributed by atoms with E-state index in [0.29, 0.717) is 36.3 Å². The van der Waals surface area contributed by atoms with Crippen molar-refractivity contribution in [2.45, 2.75) is 65.0 Å². The third-order valence-corrected chi connectivity index (χ3v) is 7.76. The molecule has 1 aromatic heterocycles. The molecular formula is C29H36N4O3. The van der Waals surface area contributed by atoms with Gasteiger partial charge < -0.3 is 19.9 Å². The number of fused-ring (bicyclic) bond motifs is 1. The van der Waals surface area contributed by atoms with E-state index in [1.807, 2.05) is 68.1 Å². The number of ether oxygens (including phenoxy) is 1. The van der Waals surface area contributed by atoms with Crippen LogP contribution in [-0.2, 0) is 4.74 Å². The van der Waals surface area contributed by atoms with E-state index in [4.69, 9.17) is 10.5 Å². The monoisotopic (exact) mass is 488 g/mol. The molecule has 0 bridgehead atoms. The summed E-state index contributed by atoms with van der Waals surface area (Å²) in [5.41, 5.74) is 11.8. The number of rotatable bonds is 8. The molecule has 0 aliphatic heterocycles. The highest BCUT2D eigenvalue weighted by Gasteiger charge is 2.31. The van der Waals surface area contributed by atoms with Crippen LogP contribution in [0.25, 0.3) is 22.2 Å². The van der Waals surface area contributed by atoms with Crippen molar-refractivity contribution in [3.05, 3.63) is 48.0 Å². The highest BCUT2D eigenvalue weighted by atomic mass is 16.6. The van der Waals surface area contributed by atoms with Gasteiger partial charge in [-0.2, -0.15) is 0 Å². The van der Waals surface area contributed by atoms with Crippen LogP contribution in [0.4, 0.5) is 16.2 Å². The fourth-order valence-electron chi connectivity index (χ4n) is 5.17. The van der Waals surface area contributed by atoms with Gasteiger partial charge in [0.25, 0.3) is 5.91 Å². The molecule has 5 rings (SSSR count). The largest absolute Gasteiger partial charge is 0.446 e. The van der Waals surface area contributed by atoms with Crippen LogP contribution in [-0.4, -0.2) is 40.7 Å². The van der Waals surface area contributed by atoms with E-state index in [1.165, 1.54) is 6.42 Å². The lowest BCUT2D eigenvalue weighted by Crippen LogP contribution is -2.30. The smallest absolute Gasteiger partial charge is 0.411 e. The molecule has 0 saturated heterocycles. The minimum Gasteiger partial charge on any atom is -0.446 e. The molecule has 2 saturated carbocycles. The summed E-state index contributed by atoms with van der Waals surface area (Å²) in [7, 11) is 0. The van der Waals surface area contributed by atoms with Crippen molar-refractivity contribution >= 4 is 34.3 Å². The number of nitrogen functional groups attached to an aromatic ring is 1. The zero-order chi connectivity index (χ0) is 25.4. The second-order valence-corrected chi connectivity index (χ2v) is 10.1. The number of amides is 2. The van der Waals surface area contributed by atoms with Crippen LogP contribution in [0.5, 0.6) is 0 Å².